The van der Waals surface area contributed by atoms with Gasteiger partial charge in [0, 0.05) is 0 Å². The minimum Gasteiger partial charge on any atom is -0.390 e. The summed E-state index contributed by atoms with van der Waals surface area (Å²) in [6.45, 7) is 2.08. The molecule has 0 rings (SSSR count). The van der Waals surface area contributed by atoms with Crippen molar-refractivity contribution in [2.24, 2.45) is 0 Å². The van der Waals surface area contributed by atoms with E-state index in [1.807, 2.05) is 7.05 Å². The first-order chi connectivity index (χ1) is 2.91. The van der Waals surface area contributed by atoms with Gasteiger partial charge in [-0.2, -0.15) is 0 Å². The molecule has 0 heterocycles. The van der Waals surface area contributed by atoms with Crippen molar-refractivity contribution in [1.29, 1.82) is 0 Å². The van der Waals surface area contributed by atoms with Gasteiger partial charge in [-0.25, -0.2) is 0 Å². The molecule has 0 radical (unpaired) electrons. The first-order valence-corrected chi connectivity index (χ1v) is 2.27. The second-order valence-corrected chi connectivity index (χ2v) is 1.13. The van der Waals surface area contributed by atoms with Crippen LogP contribution in [0.4, 0.5) is 0 Å². The van der Waals surface area contributed by atoms with Crippen molar-refractivity contribution in [3.63, 3.8) is 0 Å². The van der Waals surface area contributed by atoms with Crippen LogP contribution >= 0.6 is 0 Å². The second-order valence-electron chi connectivity index (χ2n) is 1.13. The zero-order valence-corrected chi connectivity index (χ0v) is 4.41. The molecule has 0 aliphatic heterocycles. The summed E-state index contributed by atoms with van der Waals surface area (Å²) in [5.74, 6) is 0. The minimum atomic E-state index is 0.913. The molecule has 0 aliphatic rings. The Balaban J connectivity index is 2.34. The number of rotatable bonds is 3. The smallest absolute Gasteiger partial charge is 0.274 e. The van der Waals surface area contributed by atoms with Crippen LogP contribution in [0, 0.1) is 0 Å². The predicted octanol–water partition coefficient (Wildman–Crippen LogP) is -1.54. The van der Waals surface area contributed by atoms with E-state index in [0.717, 1.165) is 15.0 Å². The molecule has 0 saturated heterocycles. The van der Waals surface area contributed by atoms with Crippen LogP contribution in [0.25, 0.3) is 0 Å². The minimum absolute atomic E-state index is 0.913. The lowest BCUT2D eigenvalue weighted by molar-refractivity contribution is 1.21. The lowest BCUT2D eigenvalue weighted by Gasteiger charge is -1.89. The van der Waals surface area contributed by atoms with Gasteiger partial charge in [0.1, 0.15) is 0 Å². The number of hydrogen-bond acceptors (Lipinski definition) is 2. The van der Waals surface area contributed by atoms with Gasteiger partial charge in [-0.15, -0.1) is 0 Å². The van der Waals surface area contributed by atoms with Crippen molar-refractivity contribution in [1.82, 2.24) is 10.4 Å². The molecule has 0 spiro atoms. The highest BCUT2D eigenvalue weighted by Crippen LogP contribution is 1.37. The Bertz CT molecular complexity index is 21.5. The van der Waals surface area contributed by atoms with Gasteiger partial charge in [0.25, 0.3) is 7.55 Å². The molecule has 0 aromatic heterocycles. The SMILES string of the molecule is CBNBNC. The molecule has 0 bridgehead atoms. The Morgan fingerprint density at radius 1 is 1.50 bits per heavy atom. The van der Waals surface area contributed by atoms with E-state index in [1.165, 1.54) is 0 Å². The molecule has 4 heteroatoms. The normalized spacial score (nSPS) is 7.67. The Morgan fingerprint density at radius 2 is 2.17 bits per heavy atom. The summed E-state index contributed by atoms with van der Waals surface area (Å²) in [7, 11) is 3.88. The van der Waals surface area contributed by atoms with Gasteiger partial charge in [-0.3, -0.25) is 0 Å². The fourth-order valence-corrected chi connectivity index (χ4v) is 0.250. The molecule has 0 aromatic carbocycles. The van der Waals surface area contributed by atoms with Crippen LogP contribution in [0.3, 0.4) is 0 Å². The van der Waals surface area contributed by atoms with Gasteiger partial charge in [-0.05, 0) is 7.05 Å². The highest BCUT2D eigenvalue weighted by Gasteiger charge is 1.77. The van der Waals surface area contributed by atoms with Crippen LogP contribution in [0.15, 0.2) is 0 Å². The van der Waals surface area contributed by atoms with Crippen molar-refractivity contribution < 1.29 is 0 Å². The third kappa shape index (κ3) is 4.05. The van der Waals surface area contributed by atoms with Crippen molar-refractivity contribution in [3.8, 4) is 0 Å². The Hall–Kier alpha value is 0.0499. The summed E-state index contributed by atoms with van der Waals surface area (Å²) in [5, 5.41) is 6.04. The fourth-order valence-electron chi connectivity index (χ4n) is 0.250. The standard InChI is InChI=1S/C2H10B2N2/c1-3-6-4-5-2/h3-6H,1-2H3. The van der Waals surface area contributed by atoms with Gasteiger partial charge in [-0.1, -0.05) is 6.82 Å². The molecule has 0 atom stereocenters. The van der Waals surface area contributed by atoms with E-state index in [-0.39, 0.29) is 0 Å². The molecular weight excluding hydrogens is 73.7 g/mol. The summed E-state index contributed by atoms with van der Waals surface area (Å²) < 4.78 is 0. The summed E-state index contributed by atoms with van der Waals surface area (Å²) in [6.07, 6.45) is 0. The van der Waals surface area contributed by atoms with Crippen molar-refractivity contribution in [2.45, 2.75) is 6.82 Å². The van der Waals surface area contributed by atoms with Crippen LogP contribution < -0.4 is 10.4 Å². The van der Waals surface area contributed by atoms with Crippen LogP contribution in [-0.4, -0.2) is 22.0 Å². The van der Waals surface area contributed by atoms with E-state index in [4.69, 9.17) is 0 Å². The summed E-state index contributed by atoms with van der Waals surface area (Å²) in [5.41, 5.74) is 0. The molecule has 0 saturated carbocycles. The van der Waals surface area contributed by atoms with Gasteiger partial charge < -0.3 is 10.4 Å². The molecule has 34 valence electrons. The monoisotopic (exact) mass is 84.1 g/mol. The number of hydrogen-bond donors (Lipinski definition) is 2. The topological polar surface area (TPSA) is 24.1 Å². The van der Waals surface area contributed by atoms with Crippen LogP contribution in [-0.2, 0) is 0 Å². The molecule has 2 nitrogen and oxygen atoms in total. The molecule has 0 aliphatic carbocycles. The Morgan fingerprint density at radius 3 is 2.33 bits per heavy atom. The van der Waals surface area contributed by atoms with E-state index in [1.54, 1.807) is 0 Å². The molecule has 0 amide bonds. The summed E-state index contributed by atoms with van der Waals surface area (Å²) >= 11 is 0. The molecular formula is C2H10B2N2. The molecule has 0 fully saturated rings. The van der Waals surface area contributed by atoms with Gasteiger partial charge in [0.05, 0.1) is 0 Å². The van der Waals surface area contributed by atoms with Gasteiger partial charge >= 0.3 is 0 Å². The first-order valence-electron chi connectivity index (χ1n) is 2.27. The first kappa shape index (κ1) is 6.05. The van der Waals surface area contributed by atoms with Crippen LogP contribution in [0.5, 0.6) is 0 Å². The maximum Gasteiger partial charge on any atom is 0.274 e. The lowest BCUT2D eigenvalue weighted by atomic mass is 9.92. The van der Waals surface area contributed by atoms with Crippen LogP contribution in [0.2, 0.25) is 6.82 Å². The predicted molar refractivity (Wildman–Crippen MR) is 32.4 cm³/mol. The van der Waals surface area contributed by atoms with E-state index in [0.29, 0.717) is 0 Å². The molecule has 2 N–H and O–H groups in total. The van der Waals surface area contributed by atoms with Gasteiger partial charge in [0.15, 0.2) is 7.41 Å². The Kier molecular flexibility index (Phi) is 5.09. The zero-order valence-electron chi connectivity index (χ0n) is 4.41. The van der Waals surface area contributed by atoms with Crippen molar-refractivity contribution >= 4 is 15.0 Å². The lowest BCUT2D eigenvalue weighted by Crippen LogP contribution is -2.31. The average Bonchev–Trinajstić information content (AvgIpc) is 1.61. The van der Waals surface area contributed by atoms with Crippen molar-refractivity contribution in [2.75, 3.05) is 7.05 Å². The quantitative estimate of drug-likeness (QED) is 0.320. The van der Waals surface area contributed by atoms with E-state index in [9.17, 15) is 0 Å². The summed E-state index contributed by atoms with van der Waals surface area (Å²) in [4.78, 5) is 0. The van der Waals surface area contributed by atoms with Crippen molar-refractivity contribution in [3.05, 3.63) is 0 Å². The third-order valence-corrected chi connectivity index (χ3v) is 0.552. The third-order valence-electron chi connectivity index (χ3n) is 0.552. The molecule has 0 unspecified atom stereocenters. The highest BCUT2D eigenvalue weighted by atomic mass is 14.8. The molecule has 0 aromatic rings. The maximum atomic E-state index is 3.09. The highest BCUT2D eigenvalue weighted by molar-refractivity contribution is 6.48. The van der Waals surface area contributed by atoms with E-state index in [2.05, 4.69) is 17.2 Å². The average molecular weight is 83.7 g/mol. The second kappa shape index (κ2) is 5.05. The largest absolute Gasteiger partial charge is 0.390 e. The molecule has 6 heavy (non-hydrogen) atoms. The number of nitrogens with one attached hydrogen (secondary N) is 2. The Labute approximate surface area is 40.2 Å². The summed E-state index contributed by atoms with van der Waals surface area (Å²) in [6, 6.07) is 0. The fraction of sp³-hybridized carbons (Fsp3) is 1.00. The van der Waals surface area contributed by atoms with E-state index < -0.39 is 0 Å². The van der Waals surface area contributed by atoms with E-state index >= 15 is 0 Å². The van der Waals surface area contributed by atoms with Crippen LogP contribution in [0.1, 0.15) is 0 Å². The maximum absolute atomic E-state index is 3.09. The van der Waals surface area contributed by atoms with Gasteiger partial charge in [0.2, 0.25) is 0 Å². The zero-order chi connectivity index (χ0) is 4.83.